The summed E-state index contributed by atoms with van der Waals surface area (Å²) in [6.07, 6.45) is -0.884. The number of nitriles is 1. The van der Waals surface area contributed by atoms with Gasteiger partial charge in [-0.25, -0.2) is 13.1 Å². The Morgan fingerprint density at radius 1 is 1.43 bits per heavy atom. The van der Waals surface area contributed by atoms with Crippen molar-refractivity contribution in [2.75, 3.05) is 6.54 Å². The minimum atomic E-state index is -3.71. The Morgan fingerprint density at radius 2 is 2.19 bits per heavy atom. The van der Waals surface area contributed by atoms with Crippen molar-refractivity contribution < 1.29 is 13.5 Å². The van der Waals surface area contributed by atoms with Crippen molar-refractivity contribution in [1.29, 1.82) is 5.26 Å². The number of aliphatic hydroxyl groups is 1. The second-order valence-electron chi connectivity index (χ2n) is 4.51. The van der Waals surface area contributed by atoms with Crippen LogP contribution in [0, 0.1) is 18.3 Å². The fraction of sp³-hybridized carbons (Fsp3) is 0.214. The van der Waals surface area contributed by atoms with Crippen molar-refractivity contribution in [2.45, 2.75) is 17.9 Å². The molecule has 5 nitrogen and oxygen atoms in total. The molecule has 2 rings (SSSR count). The first-order valence-corrected chi connectivity index (χ1v) is 8.57. The zero-order valence-electron chi connectivity index (χ0n) is 11.3. The van der Waals surface area contributed by atoms with E-state index in [0.29, 0.717) is 16.7 Å². The molecule has 0 saturated carbocycles. The van der Waals surface area contributed by atoms with E-state index in [4.69, 9.17) is 5.26 Å². The van der Waals surface area contributed by atoms with Gasteiger partial charge in [-0.1, -0.05) is 0 Å². The van der Waals surface area contributed by atoms with Crippen LogP contribution >= 0.6 is 11.3 Å². The molecule has 2 N–H and O–H groups in total. The summed E-state index contributed by atoms with van der Waals surface area (Å²) in [5.74, 6) is 0. The van der Waals surface area contributed by atoms with Crippen LogP contribution in [0.4, 0.5) is 0 Å². The highest BCUT2D eigenvalue weighted by Crippen LogP contribution is 2.18. The molecule has 1 atom stereocenters. The van der Waals surface area contributed by atoms with Crippen LogP contribution in [0.1, 0.15) is 22.8 Å². The van der Waals surface area contributed by atoms with Gasteiger partial charge in [-0.05, 0) is 53.1 Å². The number of nitrogens with zero attached hydrogens (tertiary/aromatic N) is 1. The van der Waals surface area contributed by atoms with Crippen LogP contribution in [-0.2, 0) is 10.0 Å². The maximum Gasteiger partial charge on any atom is 0.240 e. The Labute approximate surface area is 127 Å². The molecule has 0 aliphatic carbocycles. The highest BCUT2D eigenvalue weighted by Gasteiger charge is 2.17. The molecule has 1 aromatic carbocycles. The van der Waals surface area contributed by atoms with Crippen molar-refractivity contribution in [3.05, 3.63) is 51.7 Å². The van der Waals surface area contributed by atoms with Gasteiger partial charge < -0.3 is 5.11 Å². The van der Waals surface area contributed by atoms with Crippen LogP contribution in [0.2, 0.25) is 0 Å². The predicted molar refractivity (Wildman–Crippen MR) is 80.4 cm³/mol. The molecule has 0 saturated heterocycles. The van der Waals surface area contributed by atoms with Crippen LogP contribution in [0.15, 0.2) is 39.9 Å². The zero-order valence-corrected chi connectivity index (χ0v) is 12.9. The Bertz CT molecular complexity index is 762. The first-order chi connectivity index (χ1) is 9.94. The van der Waals surface area contributed by atoms with Gasteiger partial charge >= 0.3 is 0 Å². The molecule has 0 fully saturated rings. The van der Waals surface area contributed by atoms with E-state index in [1.54, 1.807) is 18.4 Å². The molecule has 1 unspecified atom stereocenters. The second-order valence-corrected chi connectivity index (χ2v) is 7.06. The van der Waals surface area contributed by atoms with E-state index < -0.39 is 16.1 Å². The van der Waals surface area contributed by atoms with Gasteiger partial charge in [0, 0.05) is 6.54 Å². The molecule has 2 aromatic rings. The third-order valence-electron chi connectivity index (χ3n) is 3.02. The standard InChI is InChI=1S/C14H14N2O3S2/c1-10-6-13(3-2-11(10)7-15)21(18,19)16-8-14(17)12-4-5-20-9-12/h2-6,9,14,16-17H,8H2,1H3. The summed E-state index contributed by atoms with van der Waals surface area (Å²) in [5.41, 5.74) is 1.71. The van der Waals surface area contributed by atoms with Crippen molar-refractivity contribution in [2.24, 2.45) is 0 Å². The van der Waals surface area contributed by atoms with Crippen molar-refractivity contribution in [3.63, 3.8) is 0 Å². The summed E-state index contributed by atoms with van der Waals surface area (Å²) < 4.78 is 26.7. The Kier molecular flexibility index (Phi) is 4.75. The van der Waals surface area contributed by atoms with Gasteiger partial charge in [0.25, 0.3) is 0 Å². The molecular weight excluding hydrogens is 308 g/mol. The summed E-state index contributed by atoms with van der Waals surface area (Å²) in [4.78, 5) is 0.0801. The fourth-order valence-electron chi connectivity index (χ4n) is 1.78. The van der Waals surface area contributed by atoms with E-state index in [1.807, 2.05) is 11.4 Å². The molecule has 0 bridgehead atoms. The van der Waals surface area contributed by atoms with Crippen molar-refractivity contribution >= 4 is 21.4 Å². The number of rotatable bonds is 5. The second kappa shape index (κ2) is 6.37. The average molecular weight is 322 g/mol. The molecule has 0 aliphatic heterocycles. The van der Waals surface area contributed by atoms with Gasteiger partial charge in [0.15, 0.2) is 0 Å². The van der Waals surface area contributed by atoms with Crippen LogP contribution in [-0.4, -0.2) is 20.1 Å². The summed E-state index contributed by atoms with van der Waals surface area (Å²) >= 11 is 1.44. The van der Waals surface area contributed by atoms with Crippen LogP contribution in [0.25, 0.3) is 0 Å². The first-order valence-electron chi connectivity index (χ1n) is 6.14. The molecule has 21 heavy (non-hydrogen) atoms. The lowest BCUT2D eigenvalue weighted by atomic mass is 10.1. The number of thiophene rings is 1. The zero-order chi connectivity index (χ0) is 15.5. The number of benzene rings is 1. The molecule has 0 aliphatic rings. The Hall–Kier alpha value is -1.72. The number of aryl methyl sites for hydroxylation is 1. The molecule has 110 valence electrons. The van der Waals surface area contributed by atoms with E-state index in [2.05, 4.69) is 4.72 Å². The lowest BCUT2D eigenvalue weighted by Crippen LogP contribution is -2.28. The highest BCUT2D eigenvalue weighted by molar-refractivity contribution is 7.89. The molecule has 0 amide bonds. The fourth-order valence-corrected chi connectivity index (χ4v) is 3.61. The largest absolute Gasteiger partial charge is 0.387 e. The number of sulfonamides is 1. The Balaban J connectivity index is 2.12. The maximum absolute atomic E-state index is 12.2. The quantitative estimate of drug-likeness (QED) is 0.880. The normalized spacial score (nSPS) is 12.8. The summed E-state index contributed by atoms with van der Waals surface area (Å²) in [6, 6.07) is 8.03. The third-order valence-corrected chi connectivity index (χ3v) is 5.15. The number of nitrogens with one attached hydrogen (secondary N) is 1. The van der Waals surface area contributed by atoms with E-state index >= 15 is 0 Å². The SMILES string of the molecule is Cc1cc(S(=O)(=O)NCC(O)c2ccsc2)ccc1C#N. The molecule has 7 heteroatoms. The van der Waals surface area contributed by atoms with Crippen molar-refractivity contribution in [3.8, 4) is 6.07 Å². The first kappa shape index (κ1) is 15.7. The van der Waals surface area contributed by atoms with Gasteiger partial charge in [0.05, 0.1) is 22.6 Å². The van der Waals surface area contributed by atoms with E-state index in [9.17, 15) is 13.5 Å². The summed E-state index contributed by atoms with van der Waals surface area (Å²) in [7, 11) is -3.71. The minimum absolute atomic E-state index is 0.0801. The van der Waals surface area contributed by atoms with Crippen LogP contribution in [0.5, 0.6) is 0 Å². The molecular formula is C14H14N2O3S2. The molecule has 0 spiro atoms. The number of hydrogen-bond donors (Lipinski definition) is 2. The molecule has 0 radical (unpaired) electrons. The number of hydrogen-bond acceptors (Lipinski definition) is 5. The summed E-state index contributed by atoms with van der Waals surface area (Å²) in [6.45, 7) is 1.58. The molecule has 1 aromatic heterocycles. The highest BCUT2D eigenvalue weighted by atomic mass is 32.2. The van der Waals surface area contributed by atoms with Gasteiger partial charge in [0.2, 0.25) is 10.0 Å². The van der Waals surface area contributed by atoms with Gasteiger partial charge in [-0.15, -0.1) is 0 Å². The van der Waals surface area contributed by atoms with Crippen molar-refractivity contribution in [1.82, 2.24) is 4.72 Å². The Morgan fingerprint density at radius 3 is 2.76 bits per heavy atom. The number of aliphatic hydroxyl groups excluding tert-OH is 1. The van der Waals surface area contributed by atoms with Crippen LogP contribution < -0.4 is 4.72 Å². The van der Waals surface area contributed by atoms with E-state index in [1.165, 1.54) is 29.5 Å². The van der Waals surface area contributed by atoms with E-state index in [0.717, 1.165) is 0 Å². The van der Waals surface area contributed by atoms with Crippen LogP contribution in [0.3, 0.4) is 0 Å². The molecule has 1 heterocycles. The monoisotopic (exact) mass is 322 g/mol. The predicted octanol–water partition coefficient (Wildman–Crippen LogP) is 1.94. The smallest absolute Gasteiger partial charge is 0.240 e. The minimum Gasteiger partial charge on any atom is -0.387 e. The van der Waals surface area contributed by atoms with Gasteiger partial charge in [-0.3, -0.25) is 0 Å². The lowest BCUT2D eigenvalue weighted by molar-refractivity contribution is 0.182. The maximum atomic E-state index is 12.2. The van der Waals surface area contributed by atoms with E-state index in [-0.39, 0.29) is 11.4 Å². The lowest BCUT2D eigenvalue weighted by Gasteiger charge is -2.11. The summed E-state index contributed by atoms with van der Waals surface area (Å²) in [5, 5.41) is 22.3. The van der Waals surface area contributed by atoms with Gasteiger partial charge in [-0.2, -0.15) is 16.6 Å². The third kappa shape index (κ3) is 3.68. The van der Waals surface area contributed by atoms with Gasteiger partial charge in [0.1, 0.15) is 0 Å². The topological polar surface area (TPSA) is 90.2 Å². The average Bonchev–Trinajstić information content (AvgIpc) is 2.99.